The van der Waals surface area contributed by atoms with E-state index in [-0.39, 0.29) is 5.91 Å². The van der Waals surface area contributed by atoms with Crippen molar-refractivity contribution in [3.8, 4) is 5.75 Å². The molecular formula is C12H17ClN2O2. The van der Waals surface area contributed by atoms with Gasteiger partial charge in [-0.1, -0.05) is 18.5 Å². The number of benzene rings is 1. The third kappa shape index (κ3) is 4.15. The summed E-state index contributed by atoms with van der Waals surface area (Å²) >= 11 is 5.94. The van der Waals surface area contributed by atoms with Crippen LogP contribution < -0.4 is 15.8 Å². The molecule has 0 heterocycles. The molecule has 1 unspecified atom stereocenters. The molecule has 0 bridgehead atoms. The molecule has 1 rings (SSSR count). The van der Waals surface area contributed by atoms with Crippen LogP contribution in [0.1, 0.15) is 20.3 Å². The number of rotatable bonds is 5. The Morgan fingerprint density at radius 1 is 1.59 bits per heavy atom. The first-order valence-corrected chi connectivity index (χ1v) is 5.91. The standard InChI is InChI=1S/C12H17ClN2O2/c1-3-6-15-12(16)8(2)17-11-7-9(14)4-5-10(11)13/h4-5,7-8H,3,6,14H2,1-2H3,(H,15,16). The number of anilines is 1. The van der Waals surface area contributed by atoms with Crippen LogP contribution in [-0.4, -0.2) is 18.6 Å². The summed E-state index contributed by atoms with van der Waals surface area (Å²) in [5, 5.41) is 3.19. The summed E-state index contributed by atoms with van der Waals surface area (Å²) < 4.78 is 5.46. The number of amides is 1. The molecule has 0 saturated carbocycles. The minimum atomic E-state index is -0.596. The highest BCUT2D eigenvalue weighted by atomic mass is 35.5. The van der Waals surface area contributed by atoms with Gasteiger partial charge in [-0.25, -0.2) is 0 Å². The molecule has 0 aliphatic heterocycles. The fraction of sp³-hybridized carbons (Fsp3) is 0.417. The Labute approximate surface area is 106 Å². The van der Waals surface area contributed by atoms with E-state index in [4.69, 9.17) is 22.1 Å². The largest absolute Gasteiger partial charge is 0.479 e. The molecule has 94 valence electrons. The van der Waals surface area contributed by atoms with Crippen molar-refractivity contribution >= 4 is 23.2 Å². The summed E-state index contributed by atoms with van der Waals surface area (Å²) in [6.45, 7) is 4.29. The number of hydrogen-bond donors (Lipinski definition) is 2. The Bertz CT molecular complexity index is 396. The van der Waals surface area contributed by atoms with Crippen molar-refractivity contribution in [1.82, 2.24) is 5.32 Å². The maximum Gasteiger partial charge on any atom is 0.260 e. The zero-order valence-electron chi connectivity index (χ0n) is 10.00. The van der Waals surface area contributed by atoms with Crippen molar-refractivity contribution in [2.24, 2.45) is 0 Å². The summed E-state index contributed by atoms with van der Waals surface area (Å²) in [7, 11) is 0. The zero-order chi connectivity index (χ0) is 12.8. The molecule has 3 N–H and O–H groups in total. The monoisotopic (exact) mass is 256 g/mol. The molecule has 1 atom stereocenters. The highest BCUT2D eigenvalue weighted by Crippen LogP contribution is 2.27. The van der Waals surface area contributed by atoms with E-state index < -0.39 is 6.10 Å². The van der Waals surface area contributed by atoms with Gasteiger partial charge in [-0.15, -0.1) is 0 Å². The lowest BCUT2D eigenvalue weighted by molar-refractivity contribution is -0.127. The number of halogens is 1. The molecule has 17 heavy (non-hydrogen) atoms. The summed E-state index contributed by atoms with van der Waals surface area (Å²) in [4.78, 5) is 11.6. The van der Waals surface area contributed by atoms with Crippen molar-refractivity contribution in [3.63, 3.8) is 0 Å². The van der Waals surface area contributed by atoms with Gasteiger partial charge in [0, 0.05) is 18.3 Å². The maximum absolute atomic E-state index is 11.6. The van der Waals surface area contributed by atoms with Crippen molar-refractivity contribution in [3.05, 3.63) is 23.2 Å². The first-order chi connectivity index (χ1) is 8.04. The quantitative estimate of drug-likeness (QED) is 0.794. The van der Waals surface area contributed by atoms with Gasteiger partial charge in [0.2, 0.25) is 0 Å². The molecule has 1 amide bonds. The molecule has 0 radical (unpaired) electrons. The highest BCUT2D eigenvalue weighted by Gasteiger charge is 2.15. The Morgan fingerprint density at radius 3 is 2.94 bits per heavy atom. The predicted octanol–water partition coefficient (Wildman–Crippen LogP) is 2.22. The average molecular weight is 257 g/mol. The Morgan fingerprint density at radius 2 is 2.29 bits per heavy atom. The molecule has 1 aromatic carbocycles. The molecule has 5 heteroatoms. The minimum absolute atomic E-state index is 0.162. The molecular weight excluding hydrogens is 240 g/mol. The summed E-state index contributed by atoms with van der Waals surface area (Å²) in [6, 6.07) is 4.92. The molecule has 0 aliphatic carbocycles. The van der Waals surface area contributed by atoms with Crippen LogP contribution in [0.3, 0.4) is 0 Å². The van der Waals surface area contributed by atoms with E-state index in [1.807, 2.05) is 6.92 Å². The van der Waals surface area contributed by atoms with Crippen molar-refractivity contribution < 1.29 is 9.53 Å². The average Bonchev–Trinajstić information content (AvgIpc) is 2.30. The second-order valence-corrected chi connectivity index (χ2v) is 4.15. The van der Waals surface area contributed by atoms with Crippen LogP contribution in [0.4, 0.5) is 5.69 Å². The van der Waals surface area contributed by atoms with Crippen LogP contribution in [0.2, 0.25) is 5.02 Å². The number of hydrogen-bond acceptors (Lipinski definition) is 3. The van der Waals surface area contributed by atoms with Gasteiger partial charge in [0.15, 0.2) is 6.10 Å². The van der Waals surface area contributed by atoms with Gasteiger partial charge in [0.05, 0.1) is 5.02 Å². The lowest BCUT2D eigenvalue weighted by Crippen LogP contribution is -2.36. The van der Waals surface area contributed by atoms with E-state index in [0.717, 1.165) is 6.42 Å². The van der Waals surface area contributed by atoms with Gasteiger partial charge < -0.3 is 15.8 Å². The lowest BCUT2D eigenvalue weighted by Gasteiger charge is -2.15. The molecule has 1 aromatic rings. The van der Waals surface area contributed by atoms with E-state index in [1.54, 1.807) is 25.1 Å². The van der Waals surface area contributed by atoms with Crippen LogP contribution >= 0.6 is 11.6 Å². The first kappa shape index (κ1) is 13.6. The SMILES string of the molecule is CCCNC(=O)C(C)Oc1cc(N)ccc1Cl. The fourth-order valence-corrected chi connectivity index (χ4v) is 1.41. The van der Waals surface area contributed by atoms with Crippen LogP contribution in [0.25, 0.3) is 0 Å². The van der Waals surface area contributed by atoms with Crippen molar-refractivity contribution in [1.29, 1.82) is 0 Å². The van der Waals surface area contributed by atoms with Gasteiger partial charge >= 0.3 is 0 Å². The number of carbonyl (C=O) groups is 1. The predicted molar refractivity (Wildman–Crippen MR) is 69.3 cm³/mol. The Hall–Kier alpha value is -1.42. The highest BCUT2D eigenvalue weighted by molar-refractivity contribution is 6.32. The molecule has 0 aromatic heterocycles. The topological polar surface area (TPSA) is 64.3 Å². The number of nitrogens with two attached hydrogens (primary N) is 1. The summed E-state index contributed by atoms with van der Waals surface area (Å²) in [6.07, 6.45) is 0.290. The fourth-order valence-electron chi connectivity index (χ4n) is 1.25. The third-order valence-corrected chi connectivity index (χ3v) is 2.49. The van der Waals surface area contributed by atoms with Gasteiger partial charge in [-0.3, -0.25) is 4.79 Å². The smallest absolute Gasteiger partial charge is 0.260 e. The van der Waals surface area contributed by atoms with Crippen molar-refractivity contribution in [2.45, 2.75) is 26.4 Å². The zero-order valence-corrected chi connectivity index (χ0v) is 10.8. The summed E-state index contributed by atoms with van der Waals surface area (Å²) in [5.74, 6) is 0.260. The van der Waals surface area contributed by atoms with E-state index in [2.05, 4.69) is 5.32 Å². The molecule has 0 saturated heterocycles. The number of nitrogens with one attached hydrogen (secondary N) is 1. The molecule has 4 nitrogen and oxygen atoms in total. The third-order valence-electron chi connectivity index (χ3n) is 2.18. The first-order valence-electron chi connectivity index (χ1n) is 5.54. The minimum Gasteiger partial charge on any atom is -0.479 e. The van der Waals surface area contributed by atoms with E-state index in [9.17, 15) is 4.79 Å². The van der Waals surface area contributed by atoms with E-state index in [0.29, 0.717) is 23.0 Å². The van der Waals surface area contributed by atoms with Crippen LogP contribution in [0, 0.1) is 0 Å². The Kier molecular flexibility index (Phi) is 5.10. The summed E-state index contributed by atoms with van der Waals surface area (Å²) in [5.41, 5.74) is 6.17. The van der Waals surface area contributed by atoms with Gasteiger partial charge in [0.25, 0.3) is 5.91 Å². The van der Waals surface area contributed by atoms with Crippen molar-refractivity contribution in [2.75, 3.05) is 12.3 Å². The number of ether oxygens (including phenoxy) is 1. The van der Waals surface area contributed by atoms with E-state index in [1.165, 1.54) is 0 Å². The molecule has 0 fully saturated rings. The number of carbonyl (C=O) groups excluding carboxylic acids is 1. The van der Waals surface area contributed by atoms with Crippen LogP contribution in [0.5, 0.6) is 5.75 Å². The van der Waals surface area contributed by atoms with Crippen LogP contribution in [-0.2, 0) is 4.79 Å². The maximum atomic E-state index is 11.6. The second-order valence-electron chi connectivity index (χ2n) is 3.74. The number of nitrogen functional groups attached to an aromatic ring is 1. The van der Waals surface area contributed by atoms with Gasteiger partial charge in [-0.2, -0.15) is 0 Å². The Balaban J connectivity index is 2.64. The normalized spacial score (nSPS) is 11.9. The van der Waals surface area contributed by atoms with Gasteiger partial charge in [-0.05, 0) is 25.5 Å². The van der Waals surface area contributed by atoms with E-state index >= 15 is 0 Å². The molecule has 0 aliphatic rings. The van der Waals surface area contributed by atoms with Gasteiger partial charge in [0.1, 0.15) is 5.75 Å². The molecule has 0 spiro atoms. The second kappa shape index (κ2) is 6.35. The lowest BCUT2D eigenvalue weighted by atomic mass is 10.3. The van der Waals surface area contributed by atoms with Crippen LogP contribution in [0.15, 0.2) is 18.2 Å².